The van der Waals surface area contributed by atoms with Crippen LogP contribution in [0.2, 0.25) is 0 Å². The molecule has 0 aliphatic carbocycles. The van der Waals surface area contributed by atoms with Gasteiger partial charge in [-0.15, -0.1) is 0 Å². The molecule has 19 heteroatoms. The number of nitrogens with zero attached hydrogens (tertiary/aromatic N) is 10. The second-order valence-corrected chi connectivity index (χ2v) is 37.6. The van der Waals surface area contributed by atoms with Crippen LogP contribution in [0.25, 0.3) is 169 Å². The average molecular weight is 1760 g/mol. The summed E-state index contributed by atoms with van der Waals surface area (Å²) < 4.78 is 40.6. The highest BCUT2D eigenvalue weighted by atomic mass is 16.7. The Morgan fingerprint density at radius 3 is 0.800 bits per heavy atom. The van der Waals surface area contributed by atoms with E-state index in [1.54, 1.807) is 12.4 Å². The van der Waals surface area contributed by atoms with Crippen molar-refractivity contribution >= 4 is 37.7 Å². The topological polar surface area (TPSA) is 184 Å². The molecule has 3 aliphatic heterocycles. The van der Waals surface area contributed by atoms with Crippen molar-refractivity contribution in [2.75, 3.05) is 0 Å². The quantitative estimate of drug-likeness (QED) is 0.0583. The molecule has 0 amide bonds. The predicted octanol–water partition coefficient (Wildman–Crippen LogP) is 24.0. The van der Waals surface area contributed by atoms with Crippen molar-refractivity contribution in [3.63, 3.8) is 0 Å². The van der Waals surface area contributed by atoms with Gasteiger partial charge < -0.3 is 27.9 Å². The first-order chi connectivity index (χ1) is 65.4. The largest absolute Gasteiger partial charge is 0.494 e. The van der Waals surface area contributed by atoms with E-state index in [0.717, 1.165) is 173 Å². The molecule has 3 saturated heterocycles. The van der Waals surface area contributed by atoms with E-state index >= 15 is 0 Å². The van der Waals surface area contributed by atoms with Crippen LogP contribution in [0, 0.1) is 0 Å². The van der Waals surface area contributed by atoms with Gasteiger partial charge in [0.05, 0.1) is 79.2 Å². The third kappa shape index (κ3) is 17.9. The molecule has 2 unspecified atom stereocenters. The van der Waals surface area contributed by atoms with Gasteiger partial charge in [0.25, 0.3) is 0 Å². The third-order valence-corrected chi connectivity index (χ3v) is 27.5. The maximum atomic E-state index is 7.06. The molecule has 3 fully saturated rings. The second-order valence-electron chi connectivity index (χ2n) is 37.6. The third-order valence-electron chi connectivity index (χ3n) is 27.5. The molecule has 16 nitrogen and oxygen atoms in total. The van der Waals surface area contributed by atoms with E-state index in [1.807, 2.05) is 122 Å². The first-order valence-corrected chi connectivity index (χ1v) is 45.9. The van der Waals surface area contributed by atoms with Gasteiger partial charge in [-0.1, -0.05) is 297 Å². The Morgan fingerprint density at radius 1 is 0.200 bits per heavy atom. The number of rotatable bonds is 22. The summed E-state index contributed by atoms with van der Waals surface area (Å²) >= 11 is 0. The van der Waals surface area contributed by atoms with Crippen molar-refractivity contribution in [3.05, 3.63) is 394 Å². The van der Waals surface area contributed by atoms with E-state index < -0.39 is 55.0 Å². The fourth-order valence-corrected chi connectivity index (χ4v) is 17.8. The smallest absolute Gasteiger partial charge is 0.399 e. The lowest BCUT2D eigenvalue weighted by molar-refractivity contribution is -0.00876. The summed E-state index contributed by atoms with van der Waals surface area (Å²) in [6, 6.07) is 119. The Balaban J connectivity index is 0.488. The number of hydrogen-bond donors (Lipinski definition) is 0. The summed E-state index contributed by atoms with van der Waals surface area (Å²) in [6.07, 6.45) is 12.4. The fraction of sp³-hybridized carbons (Fsp3) is 0.155. The number of benzene rings is 11. The lowest BCUT2D eigenvalue weighted by Gasteiger charge is -2.36. The van der Waals surface area contributed by atoms with Gasteiger partial charge in [0.1, 0.15) is 0 Å². The van der Waals surface area contributed by atoms with Crippen molar-refractivity contribution in [1.29, 1.82) is 0 Å². The Kier molecular flexibility index (Phi) is 22.9. The molecule has 0 bridgehead atoms. The van der Waals surface area contributed by atoms with E-state index in [1.165, 1.54) is 0 Å². The molecule has 0 radical (unpaired) electrons. The number of hydrogen-bond acceptors (Lipinski definition) is 16. The van der Waals surface area contributed by atoms with Crippen LogP contribution in [0.5, 0.6) is 0 Å². The monoisotopic (exact) mass is 1760 g/mol. The van der Waals surface area contributed by atoms with E-state index in [-0.39, 0.29) is 0 Å². The van der Waals surface area contributed by atoms with Crippen LogP contribution < -0.4 is 16.4 Å². The van der Waals surface area contributed by atoms with Crippen LogP contribution in [0.3, 0.4) is 0 Å². The highest BCUT2D eigenvalue weighted by Crippen LogP contribution is 2.45. The lowest BCUT2D eigenvalue weighted by Crippen LogP contribution is -2.46. The normalized spacial score (nSPS) is 16.9. The zero-order valence-corrected chi connectivity index (χ0v) is 76.9. The molecule has 7 aromatic heterocycles. The second kappa shape index (κ2) is 35.6. The van der Waals surface area contributed by atoms with Gasteiger partial charge in [0.15, 0.2) is 17.5 Å². The molecule has 10 heterocycles. The van der Waals surface area contributed by atoms with Crippen LogP contribution >= 0.6 is 0 Å². The molecular weight excluding hydrogens is 1660 g/mol. The first kappa shape index (κ1) is 86.9. The summed E-state index contributed by atoms with van der Waals surface area (Å²) in [4.78, 5) is 49.9. The van der Waals surface area contributed by atoms with Crippen molar-refractivity contribution in [1.82, 2.24) is 49.8 Å². The molecule has 11 aromatic carbocycles. The zero-order valence-electron chi connectivity index (χ0n) is 76.9. The minimum atomic E-state index is -0.687. The van der Waals surface area contributed by atoms with Crippen molar-refractivity contribution in [3.8, 4) is 169 Å². The molecule has 0 saturated carbocycles. The lowest BCUT2D eigenvalue weighted by atomic mass is 9.78. The Hall–Kier alpha value is -14.8. The van der Waals surface area contributed by atoms with Crippen molar-refractivity contribution in [2.24, 2.45) is 0 Å². The van der Waals surface area contributed by atoms with Gasteiger partial charge in [-0.2, -0.15) is 0 Å². The summed E-state index contributed by atoms with van der Waals surface area (Å²) in [5, 5.41) is 0. The van der Waals surface area contributed by atoms with Gasteiger partial charge >= 0.3 is 21.4 Å². The van der Waals surface area contributed by atoms with Gasteiger partial charge in [-0.3, -0.25) is 19.9 Å². The van der Waals surface area contributed by atoms with Gasteiger partial charge in [0.2, 0.25) is 0 Å². The molecule has 3 aliphatic rings. The predicted molar refractivity (Wildman–Crippen MR) is 542 cm³/mol. The minimum Gasteiger partial charge on any atom is -0.399 e. The van der Waals surface area contributed by atoms with Gasteiger partial charge in [0, 0.05) is 106 Å². The van der Waals surface area contributed by atoms with E-state index in [9.17, 15) is 0 Å². The van der Waals surface area contributed by atoms with E-state index in [0.29, 0.717) is 36.0 Å². The molecule has 135 heavy (non-hydrogen) atoms. The molecule has 21 rings (SSSR count). The van der Waals surface area contributed by atoms with Crippen LogP contribution in [-0.4, -0.2) is 105 Å². The van der Waals surface area contributed by atoms with E-state index in [2.05, 4.69) is 328 Å². The van der Waals surface area contributed by atoms with Crippen LogP contribution in [-0.2, 0) is 40.8 Å². The standard InChI is InChI=1S/C116H97B3N10O6/c1-111(2)112(3,4)131-117(130-111)97-57-49-91(50-58-97)109-126-104(68-106(128-109)96-56-63-100(122-75-96)85-21-15-12-16-22-85)86-41-33-81(34-42-86)79-29-25-76(26-30-79)71-116(10)114(7,8)133-119(135-116)99-61-53-92(54-62-99)110-127-105(69-107(129-110)101-64-55-95(74-123-101)78-19-13-11-14-20-78)89-43-35-82(36-44-89)80-31-27-77(28-32-80)70-115(9)113(5,6)132-118(134-115)98-59-51-90(52-60-98)108-124-102(87-45-37-83(38-46-87)93-23-17-65-120-72-93)67-103(125-108)88-47-39-84(40-48-88)94-24-18-66-121-73-94/h11-69,72-75H,70-71H2,1-10H3. The van der Waals surface area contributed by atoms with E-state index in [4.69, 9.17) is 67.8 Å². The van der Waals surface area contributed by atoms with Crippen molar-refractivity contribution in [2.45, 2.75) is 116 Å². The highest BCUT2D eigenvalue weighted by Gasteiger charge is 2.56. The van der Waals surface area contributed by atoms with Gasteiger partial charge in [-0.25, -0.2) is 29.9 Å². The summed E-state index contributed by atoms with van der Waals surface area (Å²) in [5.74, 6) is 1.77. The number of aromatic nitrogens is 10. The Labute approximate surface area is 789 Å². The van der Waals surface area contributed by atoms with Crippen LogP contribution in [0.1, 0.15) is 80.4 Å². The highest BCUT2D eigenvalue weighted by molar-refractivity contribution is 6.63. The summed E-state index contributed by atoms with van der Waals surface area (Å²) in [7, 11) is -1.72. The van der Waals surface area contributed by atoms with Crippen LogP contribution in [0.15, 0.2) is 383 Å². The molecule has 0 N–H and O–H groups in total. The van der Waals surface area contributed by atoms with Crippen molar-refractivity contribution < 1.29 is 27.9 Å². The molecule has 656 valence electrons. The summed E-state index contributed by atoms with van der Waals surface area (Å²) in [5.41, 5.74) is 26.7. The fourth-order valence-electron chi connectivity index (χ4n) is 17.8. The van der Waals surface area contributed by atoms with Gasteiger partial charge in [-0.05, 0) is 195 Å². The molecule has 2 atom stereocenters. The molecular formula is C116H97B3N10O6. The molecule has 0 spiro atoms. The van der Waals surface area contributed by atoms with Crippen LogP contribution in [0.4, 0.5) is 0 Å². The minimum absolute atomic E-state index is 0.458. The Bertz CT molecular complexity index is 7200. The first-order valence-electron chi connectivity index (χ1n) is 45.9. The zero-order chi connectivity index (χ0) is 92.2. The maximum absolute atomic E-state index is 7.06. The average Bonchev–Trinajstić information content (AvgIpc) is 1.61. The molecule has 18 aromatic rings. The SMILES string of the molecule is CC1(C)OB(c2ccc(-c3nc(-c4ccc(-c5ccc(CC6(C)OB(c7ccc(-c8nc(-c9ccc(-c%10ccc(CC%11(C)OB(c%12ccc(-c%13nc(-c%14ccc(-c%15cccnc%15)cc%14)cc(-c%14ccc(-c%15cccnc%15)cc%14)n%13)cc%12)OC%11(C)C)cc%10)cc9)cc(-c9ccc(-c%10ccccc%10)cn9)n8)cc7)OC6(C)C)cc5)cc4)cc(-c4ccc(-c5ccccc5)nc4)n3)cc2)OC1(C)C. The maximum Gasteiger partial charge on any atom is 0.494 e. The number of pyridine rings is 4. The Morgan fingerprint density at radius 2 is 0.452 bits per heavy atom. The summed E-state index contributed by atoms with van der Waals surface area (Å²) in [6.45, 7) is 21.0.